The van der Waals surface area contributed by atoms with E-state index in [9.17, 15) is 0 Å². The van der Waals surface area contributed by atoms with E-state index in [1.807, 2.05) is 70.3 Å². The fourth-order valence-corrected chi connectivity index (χ4v) is 3.34. The zero-order chi connectivity index (χ0) is 18.8. The third-order valence-electron chi connectivity index (χ3n) is 4.75. The zero-order valence-electron chi connectivity index (χ0n) is 15.2. The summed E-state index contributed by atoms with van der Waals surface area (Å²) in [5.74, 6) is 0. The Morgan fingerprint density at radius 2 is 0.857 bits per heavy atom. The molecule has 0 N–H and O–H groups in total. The molecule has 0 saturated heterocycles. The molecular weight excluding hydrogens is 344 g/mol. The van der Waals surface area contributed by atoms with Gasteiger partial charge in [0.05, 0.1) is 24.0 Å². The third kappa shape index (κ3) is 3.01. The van der Waals surface area contributed by atoms with Crippen LogP contribution in [0.3, 0.4) is 0 Å². The quantitative estimate of drug-likeness (QED) is 0.429. The van der Waals surface area contributed by atoms with Crippen LogP contribution in [0.5, 0.6) is 0 Å². The highest BCUT2D eigenvalue weighted by atomic mass is 15.0. The number of para-hydroxylation sites is 2. The first-order valence-corrected chi connectivity index (χ1v) is 9.17. The largest absolute Gasteiger partial charge is 0.306 e. The van der Waals surface area contributed by atoms with E-state index < -0.39 is 0 Å². The Kier molecular flexibility index (Phi) is 4.07. The molecule has 134 valence electrons. The summed E-state index contributed by atoms with van der Waals surface area (Å²) in [6.45, 7) is 0. The Morgan fingerprint density at radius 3 is 1.29 bits per heavy atom. The maximum absolute atomic E-state index is 4.64. The number of hydrogen-bond acceptors (Lipinski definition) is 2. The first-order chi connectivity index (χ1) is 13.9. The fourth-order valence-electron chi connectivity index (χ4n) is 3.34. The molecule has 3 aromatic carbocycles. The van der Waals surface area contributed by atoms with Crippen molar-refractivity contribution in [2.75, 3.05) is 0 Å². The van der Waals surface area contributed by atoms with Crippen molar-refractivity contribution in [1.29, 1.82) is 0 Å². The van der Waals surface area contributed by atoms with Crippen molar-refractivity contribution in [2.45, 2.75) is 0 Å². The SMILES string of the molecule is c1ccc(-n2cnc(-c3ccccc3-c3cn(-c4ccccc4)cn3)c2)cc1. The van der Waals surface area contributed by atoms with E-state index >= 15 is 0 Å². The highest BCUT2D eigenvalue weighted by Crippen LogP contribution is 2.30. The molecule has 0 aliphatic carbocycles. The van der Waals surface area contributed by atoms with Crippen molar-refractivity contribution in [1.82, 2.24) is 19.1 Å². The van der Waals surface area contributed by atoms with Gasteiger partial charge in [-0.15, -0.1) is 0 Å². The lowest BCUT2D eigenvalue weighted by Crippen LogP contribution is -1.89. The summed E-state index contributed by atoms with van der Waals surface area (Å²) in [5.41, 5.74) is 6.16. The van der Waals surface area contributed by atoms with E-state index in [1.54, 1.807) is 0 Å². The molecule has 4 heteroatoms. The van der Waals surface area contributed by atoms with E-state index in [0.29, 0.717) is 0 Å². The molecule has 2 heterocycles. The van der Waals surface area contributed by atoms with Crippen molar-refractivity contribution < 1.29 is 0 Å². The Labute approximate surface area is 163 Å². The first kappa shape index (κ1) is 16.3. The lowest BCUT2D eigenvalue weighted by molar-refractivity contribution is 1.06. The van der Waals surface area contributed by atoms with Gasteiger partial charge in [0.15, 0.2) is 0 Å². The monoisotopic (exact) mass is 362 g/mol. The molecule has 2 aromatic heterocycles. The lowest BCUT2D eigenvalue weighted by atomic mass is 10.0. The molecule has 0 spiro atoms. The molecule has 5 aromatic rings. The maximum Gasteiger partial charge on any atom is 0.0999 e. The number of rotatable bonds is 4. The van der Waals surface area contributed by atoms with Gasteiger partial charge in [-0.1, -0.05) is 60.7 Å². The van der Waals surface area contributed by atoms with Gasteiger partial charge in [-0.3, -0.25) is 0 Å². The molecule has 0 atom stereocenters. The minimum Gasteiger partial charge on any atom is -0.306 e. The topological polar surface area (TPSA) is 35.6 Å². The molecule has 5 rings (SSSR count). The highest BCUT2D eigenvalue weighted by Gasteiger charge is 2.12. The van der Waals surface area contributed by atoms with Crippen LogP contribution in [0.4, 0.5) is 0 Å². The molecule has 0 amide bonds. The molecule has 0 radical (unpaired) electrons. The van der Waals surface area contributed by atoms with Crippen LogP contribution in [0.2, 0.25) is 0 Å². The minimum absolute atomic E-state index is 0.925. The number of hydrogen-bond donors (Lipinski definition) is 0. The summed E-state index contributed by atoms with van der Waals surface area (Å²) in [5, 5.41) is 0. The van der Waals surface area contributed by atoms with Crippen molar-refractivity contribution in [3.05, 3.63) is 110 Å². The molecule has 28 heavy (non-hydrogen) atoms. The summed E-state index contributed by atoms with van der Waals surface area (Å²) in [6, 6.07) is 28.7. The average molecular weight is 362 g/mol. The van der Waals surface area contributed by atoms with Crippen molar-refractivity contribution in [2.24, 2.45) is 0 Å². The van der Waals surface area contributed by atoms with Crippen LogP contribution in [0.25, 0.3) is 33.9 Å². The molecule has 4 nitrogen and oxygen atoms in total. The van der Waals surface area contributed by atoms with Gasteiger partial charge in [0.1, 0.15) is 0 Å². The van der Waals surface area contributed by atoms with E-state index in [4.69, 9.17) is 0 Å². The number of nitrogens with zero attached hydrogens (tertiary/aromatic N) is 4. The summed E-state index contributed by atoms with van der Waals surface area (Å²) >= 11 is 0. The van der Waals surface area contributed by atoms with Crippen LogP contribution in [0.15, 0.2) is 110 Å². The molecule has 0 unspecified atom stereocenters. The van der Waals surface area contributed by atoms with Gasteiger partial charge in [0.25, 0.3) is 0 Å². The Morgan fingerprint density at radius 1 is 0.464 bits per heavy atom. The van der Waals surface area contributed by atoms with Gasteiger partial charge in [-0.25, -0.2) is 9.97 Å². The standard InChI is InChI=1S/C24H18N4/c1-3-9-19(10-4-1)27-15-23(25-17-27)21-13-7-8-14-22(21)24-16-28(18-26-24)20-11-5-2-6-12-20/h1-18H. The Hall–Kier alpha value is -3.92. The second-order valence-electron chi connectivity index (χ2n) is 6.55. The van der Waals surface area contributed by atoms with Crippen LogP contribution < -0.4 is 0 Å². The normalized spacial score (nSPS) is 10.9. The van der Waals surface area contributed by atoms with E-state index in [-0.39, 0.29) is 0 Å². The Balaban J connectivity index is 1.54. The van der Waals surface area contributed by atoms with Gasteiger partial charge in [0, 0.05) is 34.9 Å². The second-order valence-corrected chi connectivity index (χ2v) is 6.55. The molecule has 0 aliphatic heterocycles. The Bertz CT molecular complexity index is 1110. The zero-order valence-corrected chi connectivity index (χ0v) is 15.2. The van der Waals surface area contributed by atoms with Crippen molar-refractivity contribution >= 4 is 0 Å². The minimum atomic E-state index is 0.925. The van der Waals surface area contributed by atoms with Gasteiger partial charge in [-0.05, 0) is 24.3 Å². The van der Waals surface area contributed by atoms with Gasteiger partial charge < -0.3 is 9.13 Å². The van der Waals surface area contributed by atoms with Gasteiger partial charge in [-0.2, -0.15) is 0 Å². The van der Waals surface area contributed by atoms with Crippen molar-refractivity contribution in [3.8, 4) is 33.9 Å². The maximum atomic E-state index is 4.64. The smallest absolute Gasteiger partial charge is 0.0999 e. The summed E-state index contributed by atoms with van der Waals surface area (Å²) in [6.07, 6.45) is 7.82. The molecule has 0 aliphatic rings. The van der Waals surface area contributed by atoms with E-state index in [0.717, 1.165) is 33.9 Å². The summed E-state index contributed by atoms with van der Waals surface area (Å²) in [4.78, 5) is 9.28. The lowest BCUT2D eigenvalue weighted by Gasteiger charge is -2.05. The number of aromatic nitrogens is 4. The molecule has 0 fully saturated rings. The second kappa shape index (κ2) is 7.00. The fraction of sp³-hybridized carbons (Fsp3) is 0. The van der Waals surface area contributed by atoms with Crippen LogP contribution in [0.1, 0.15) is 0 Å². The summed E-state index contributed by atoms with van der Waals surface area (Å²) < 4.78 is 4.07. The van der Waals surface area contributed by atoms with Crippen LogP contribution in [0, 0.1) is 0 Å². The van der Waals surface area contributed by atoms with Crippen molar-refractivity contribution in [3.63, 3.8) is 0 Å². The van der Waals surface area contributed by atoms with Gasteiger partial charge in [0.2, 0.25) is 0 Å². The number of benzene rings is 3. The third-order valence-corrected chi connectivity index (χ3v) is 4.75. The summed E-state index contributed by atoms with van der Waals surface area (Å²) in [7, 11) is 0. The number of imidazole rings is 2. The molecule has 0 saturated carbocycles. The average Bonchev–Trinajstić information content (AvgIpc) is 3.45. The van der Waals surface area contributed by atoms with E-state index in [1.165, 1.54) is 0 Å². The van der Waals surface area contributed by atoms with E-state index in [2.05, 4.69) is 58.8 Å². The molecule has 0 bridgehead atoms. The first-order valence-electron chi connectivity index (χ1n) is 9.17. The predicted molar refractivity (Wildman–Crippen MR) is 112 cm³/mol. The molecular formula is C24H18N4. The predicted octanol–water partition coefficient (Wildman–Crippen LogP) is 5.39. The van der Waals surface area contributed by atoms with Crippen LogP contribution in [-0.4, -0.2) is 19.1 Å². The highest BCUT2D eigenvalue weighted by molar-refractivity contribution is 5.80. The van der Waals surface area contributed by atoms with Gasteiger partial charge >= 0.3 is 0 Å². The van der Waals surface area contributed by atoms with Crippen LogP contribution in [-0.2, 0) is 0 Å². The van der Waals surface area contributed by atoms with Crippen LogP contribution >= 0.6 is 0 Å².